The maximum absolute atomic E-state index is 2.28. The molecule has 2 rings (SSSR count). The van der Waals surface area contributed by atoms with E-state index < -0.39 is 0 Å². The van der Waals surface area contributed by atoms with Gasteiger partial charge in [0.25, 0.3) is 0 Å². The molecule has 0 amide bonds. The summed E-state index contributed by atoms with van der Waals surface area (Å²) in [5, 5.41) is 4.56. The summed E-state index contributed by atoms with van der Waals surface area (Å²) >= 11 is 0. The van der Waals surface area contributed by atoms with Crippen molar-refractivity contribution >= 4 is 0 Å². The second-order valence-electron chi connectivity index (χ2n) is 4.34. The van der Waals surface area contributed by atoms with Crippen LogP contribution >= 0.6 is 0 Å². The lowest BCUT2D eigenvalue weighted by atomic mass is 10.1. The van der Waals surface area contributed by atoms with Crippen molar-refractivity contribution in [3.63, 3.8) is 0 Å². The van der Waals surface area contributed by atoms with Crippen LogP contribution in [-0.2, 0) is 12.8 Å². The Balaban J connectivity index is 1.83. The summed E-state index contributed by atoms with van der Waals surface area (Å²) < 4.78 is 0. The van der Waals surface area contributed by atoms with Crippen molar-refractivity contribution in [2.24, 2.45) is 0 Å². The van der Waals surface area contributed by atoms with Gasteiger partial charge in [-0.15, -0.1) is 0 Å². The lowest BCUT2D eigenvalue weighted by Gasteiger charge is -2.01. The molecule has 0 radical (unpaired) electrons. The van der Waals surface area contributed by atoms with Gasteiger partial charge in [-0.05, 0) is 30.4 Å². The van der Waals surface area contributed by atoms with Gasteiger partial charge in [0, 0.05) is 14.1 Å². The predicted molar refractivity (Wildman–Crippen MR) is 63.5 cm³/mol. The van der Waals surface area contributed by atoms with Gasteiger partial charge in [-0.2, -0.15) is 0 Å². The Morgan fingerprint density at radius 3 is 2.00 bits per heavy atom. The van der Waals surface area contributed by atoms with Gasteiger partial charge in [0.1, 0.15) is 0 Å². The van der Waals surface area contributed by atoms with E-state index in [2.05, 4.69) is 55.3 Å². The second kappa shape index (κ2) is 4.33. The van der Waals surface area contributed by atoms with Crippen molar-refractivity contribution < 1.29 is 0 Å². The monoisotopic (exact) mass is 204 g/mol. The Morgan fingerprint density at radius 1 is 1.00 bits per heavy atom. The highest BCUT2D eigenvalue weighted by atomic mass is 15.8. The summed E-state index contributed by atoms with van der Waals surface area (Å²) in [6.07, 6.45) is 4.21. The molecule has 0 bridgehead atoms. The van der Waals surface area contributed by atoms with E-state index in [1.165, 1.54) is 24.0 Å². The van der Waals surface area contributed by atoms with Crippen LogP contribution in [0, 0.1) is 0 Å². The molecule has 0 aliphatic carbocycles. The Hall–Kier alpha value is -0.860. The molecule has 1 aromatic carbocycles. The number of rotatable bonds is 4. The molecule has 2 atom stereocenters. The molecule has 1 saturated heterocycles. The number of nitrogens with zero attached hydrogens (tertiary/aromatic N) is 2. The predicted octanol–water partition coefficient (Wildman–Crippen LogP) is 2.30. The number of hydrogen-bond acceptors (Lipinski definition) is 2. The number of hydrazine groups is 1. The highest BCUT2D eigenvalue weighted by Gasteiger charge is 2.36. The normalized spacial score (nSPS) is 29.1. The van der Waals surface area contributed by atoms with Gasteiger partial charge < -0.3 is 0 Å². The first-order chi connectivity index (χ1) is 7.22. The van der Waals surface area contributed by atoms with E-state index in [0.717, 1.165) is 6.42 Å². The minimum Gasteiger partial charge on any atom is -0.225 e. The van der Waals surface area contributed by atoms with Crippen molar-refractivity contribution in [1.29, 1.82) is 0 Å². The summed E-state index contributed by atoms with van der Waals surface area (Å²) in [7, 11) is 4.29. The van der Waals surface area contributed by atoms with Crippen molar-refractivity contribution in [2.45, 2.75) is 32.4 Å². The van der Waals surface area contributed by atoms with Crippen molar-refractivity contribution in [3.05, 3.63) is 35.4 Å². The summed E-state index contributed by atoms with van der Waals surface area (Å²) in [6, 6.07) is 9.02. The molecule has 2 unspecified atom stereocenters. The maximum atomic E-state index is 2.28. The topological polar surface area (TPSA) is 6.02 Å². The van der Waals surface area contributed by atoms with Gasteiger partial charge >= 0.3 is 0 Å². The Morgan fingerprint density at radius 2 is 1.53 bits per heavy atom. The van der Waals surface area contributed by atoms with Crippen LogP contribution in [0.15, 0.2) is 24.3 Å². The molecule has 2 heteroatoms. The zero-order valence-electron chi connectivity index (χ0n) is 9.90. The van der Waals surface area contributed by atoms with Crippen LogP contribution < -0.4 is 0 Å². The van der Waals surface area contributed by atoms with Crippen LogP contribution in [0.5, 0.6) is 0 Å². The van der Waals surface area contributed by atoms with E-state index in [1.807, 2.05) is 0 Å². The van der Waals surface area contributed by atoms with E-state index in [0.29, 0.717) is 6.17 Å². The van der Waals surface area contributed by atoms with Gasteiger partial charge in [0.15, 0.2) is 0 Å². The van der Waals surface area contributed by atoms with Gasteiger partial charge in [-0.25, -0.2) is 10.0 Å². The standard InChI is InChI=1S/C13H20N2/c1-4-11-5-7-12(8-6-11)9-10-13-14(2)15(13)3/h5-8,13H,4,9-10H2,1-3H3. The van der Waals surface area contributed by atoms with Crippen molar-refractivity contribution in [2.75, 3.05) is 14.1 Å². The first-order valence-electron chi connectivity index (χ1n) is 5.75. The summed E-state index contributed by atoms with van der Waals surface area (Å²) in [5.74, 6) is 0. The molecule has 15 heavy (non-hydrogen) atoms. The van der Waals surface area contributed by atoms with Crippen LogP contribution in [0.2, 0.25) is 0 Å². The lowest BCUT2D eigenvalue weighted by Crippen LogP contribution is -1.97. The quantitative estimate of drug-likeness (QED) is 0.694. The zero-order valence-corrected chi connectivity index (χ0v) is 9.90. The molecule has 0 saturated carbocycles. The average molecular weight is 204 g/mol. The molecule has 1 heterocycles. The number of aryl methyl sites for hydroxylation is 2. The van der Waals surface area contributed by atoms with E-state index in [9.17, 15) is 0 Å². The molecule has 1 aliphatic rings. The minimum absolute atomic E-state index is 0.663. The summed E-state index contributed by atoms with van der Waals surface area (Å²) in [5.41, 5.74) is 2.89. The molecule has 0 spiro atoms. The molecule has 82 valence electrons. The maximum Gasteiger partial charge on any atom is 0.0891 e. The van der Waals surface area contributed by atoms with Gasteiger partial charge in [-0.1, -0.05) is 31.2 Å². The van der Waals surface area contributed by atoms with Crippen LogP contribution in [0.25, 0.3) is 0 Å². The first kappa shape index (κ1) is 10.7. The Kier molecular flexibility index (Phi) is 3.08. The minimum atomic E-state index is 0.663. The van der Waals surface area contributed by atoms with Gasteiger partial charge in [0.2, 0.25) is 0 Å². The molecule has 0 aromatic heterocycles. The van der Waals surface area contributed by atoms with E-state index in [4.69, 9.17) is 0 Å². The lowest BCUT2D eigenvalue weighted by molar-refractivity contribution is 0.412. The van der Waals surface area contributed by atoms with Crippen molar-refractivity contribution in [1.82, 2.24) is 10.0 Å². The number of hydrogen-bond donors (Lipinski definition) is 0. The fourth-order valence-electron chi connectivity index (χ4n) is 2.04. The highest BCUT2D eigenvalue weighted by molar-refractivity contribution is 5.22. The van der Waals surface area contributed by atoms with Crippen LogP contribution in [0.3, 0.4) is 0 Å². The molecule has 1 fully saturated rings. The number of benzene rings is 1. The first-order valence-corrected chi connectivity index (χ1v) is 5.75. The van der Waals surface area contributed by atoms with Gasteiger partial charge in [-0.3, -0.25) is 0 Å². The third-order valence-electron chi connectivity index (χ3n) is 3.43. The Labute approximate surface area is 92.5 Å². The van der Waals surface area contributed by atoms with Crippen LogP contribution in [-0.4, -0.2) is 30.3 Å². The highest BCUT2D eigenvalue weighted by Crippen LogP contribution is 2.25. The Bertz CT molecular complexity index is 310. The van der Waals surface area contributed by atoms with Gasteiger partial charge in [0.05, 0.1) is 6.17 Å². The largest absolute Gasteiger partial charge is 0.225 e. The van der Waals surface area contributed by atoms with Crippen LogP contribution in [0.1, 0.15) is 24.5 Å². The SMILES string of the molecule is CCc1ccc(CCC2N(C)N2C)cc1. The zero-order chi connectivity index (χ0) is 10.8. The molecule has 0 N–H and O–H groups in total. The second-order valence-corrected chi connectivity index (χ2v) is 4.34. The van der Waals surface area contributed by atoms with Crippen molar-refractivity contribution in [3.8, 4) is 0 Å². The smallest absolute Gasteiger partial charge is 0.0891 e. The fourth-order valence-corrected chi connectivity index (χ4v) is 2.04. The van der Waals surface area contributed by atoms with E-state index in [1.54, 1.807) is 0 Å². The van der Waals surface area contributed by atoms with Crippen LogP contribution in [0.4, 0.5) is 0 Å². The third-order valence-corrected chi connectivity index (χ3v) is 3.43. The molecular formula is C13H20N2. The molecule has 1 aromatic rings. The third kappa shape index (κ3) is 2.39. The van der Waals surface area contributed by atoms with E-state index >= 15 is 0 Å². The molecular weight excluding hydrogens is 184 g/mol. The molecule has 1 aliphatic heterocycles. The fraction of sp³-hybridized carbons (Fsp3) is 0.538. The summed E-state index contributed by atoms with van der Waals surface area (Å²) in [4.78, 5) is 0. The van der Waals surface area contributed by atoms with E-state index in [-0.39, 0.29) is 0 Å². The summed E-state index contributed by atoms with van der Waals surface area (Å²) in [6.45, 7) is 2.20. The average Bonchev–Trinajstić information content (AvgIpc) is 2.84. The molecule has 2 nitrogen and oxygen atoms in total.